The number of anilines is 1. The van der Waals surface area contributed by atoms with Gasteiger partial charge in [0.05, 0.1) is 10.6 Å². The lowest BCUT2D eigenvalue weighted by Gasteiger charge is -2.33. The molecule has 7 nitrogen and oxygen atoms in total. The van der Waals surface area contributed by atoms with E-state index in [1.807, 2.05) is 51.1 Å². The molecule has 196 valence electrons. The number of hydrogen-bond donors (Lipinski definition) is 1. The number of para-hydroxylation sites is 1. The molecular formula is C29H35N3O4S. The Hall–Kier alpha value is -3.65. The fourth-order valence-electron chi connectivity index (χ4n) is 3.98. The number of nitrogens with one attached hydrogen (secondary N) is 1. The van der Waals surface area contributed by atoms with Crippen LogP contribution < -0.4 is 9.62 Å². The Morgan fingerprint density at radius 3 is 1.89 bits per heavy atom. The highest BCUT2D eigenvalue weighted by molar-refractivity contribution is 7.92. The lowest BCUT2D eigenvalue weighted by molar-refractivity contribution is -0.140. The Morgan fingerprint density at radius 2 is 1.35 bits per heavy atom. The molecule has 0 saturated heterocycles. The van der Waals surface area contributed by atoms with Gasteiger partial charge in [0.2, 0.25) is 11.8 Å². The van der Waals surface area contributed by atoms with Crippen LogP contribution in [0.1, 0.15) is 39.2 Å². The molecule has 3 rings (SSSR count). The molecule has 2 atom stereocenters. The van der Waals surface area contributed by atoms with Crippen molar-refractivity contribution in [3.8, 4) is 0 Å². The highest BCUT2D eigenvalue weighted by atomic mass is 32.2. The SMILES string of the molecule is CC[C@@H](C)NC(=O)[C@H](CC)N(Cc1ccccc1)C(=O)CN(c1ccccc1)S(=O)(=O)c1ccccc1. The summed E-state index contributed by atoms with van der Waals surface area (Å²) in [4.78, 5) is 28.7. The molecule has 0 aliphatic heterocycles. The molecule has 1 N–H and O–H groups in total. The minimum absolute atomic E-state index is 0.0468. The zero-order chi connectivity index (χ0) is 26.8. The quantitative estimate of drug-likeness (QED) is 0.377. The lowest BCUT2D eigenvalue weighted by Crippen LogP contribution is -2.53. The number of rotatable bonds is 12. The largest absolute Gasteiger partial charge is 0.352 e. The zero-order valence-electron chi connectivity index (χ0n) is 21.6. The van der Waals surface area contributed by atoms with Gasteiger partial charge in [-0.2, -0.15) is 0 Å². The Labute approximate surface area is 220 Å². The Morgan fingerprint density at radius 1 is 0.811 bits per heavy atom. The van der Waals surface area contributed by atoms with E-state index in [2.05, 4.69) is 5.32 Å². The fourth-order valence-corrected chi connectivity index (χ4v) is 5.42. The molecular weight excluding hydrogens is 486 g/mol. The number of nitrogens with zero attached hydrogens (tertiary/aromatic N) is 2. The second-order valence-corrected chi connectivity index (χ2v) is 10.8. The number of benzene rings is 3. The topological polar surface area (TPSA) is 86.8 Å². The van der Waals surface area contributed by atoms with Crippen molar-refractivity contribution >= 4 is 27.5 Å². The van der Waals surface area contributed by atoms with Gasteiger partial charge < -0.3 is 10.2 Å². The summed E-state index contributed by atoms with van der Waals surface area (Å²) in [5.74, 6) is -0.711. The maximum Gasteiger partial charge on any atom is 0.264 e. The summed E-state index contributed by atoms with van der Waals surface area (Å²) < 4.78 is 28.5. The van der Waals surface area contributed by atoms with Crippen LogP contribution in [0.3, 0.4) is 0 Å². The predicted octanol–water partition coefficient (Wildman–Crippen LogP) is 4.60. The molecule has 3 aromatic carbocycles. The van der Waals surface area contributed by atoms with Crippen molar-refractivity contribution in [3.63, 3.8) is 0 Å². The Bertz CT molecular complexity index is 1250. The van der Waals surface area contributed by atoms with E-state index < -0.39 is 28.5 Å². The summed E-state index contributed by atoms with van der Waals surface area (Å²) >= 11 is 0. The van der Waals surface area contributed by atoms with Crippen molar-refractivity contribution in [1.29, 1.82) is 0 Å². The normalized spacial score (nSPS) is 12.8. The first-order chi connectivity index (χ1) is 17.8. The first-order valence-corrected chi connectivity index (χ1v) is 14.0. The molecule has 0 aromatic heterocycles. The predicted molar refractivity (Wildman–Crippen MR) is 146 cm³/mol. The van der Waals surface area contributed by atoms with E-state index in [9.17, 15) is 18.0 Å². The first-order valence-electron chi connectivity index (χ1n) is 12.5. The molecule has 0 fully saturated rings. The molecule has 37 heavy (non-hydrogen) atoms. The summed E-state index contributed by atoms with van der Waals surface area (Å²) in [6.07, 6.45) is 1.14. The van der Waals surface area contributed by atoms with Crippen LogP contribution in [0.5, 0.6) is 0 Å². The van der Waals surface area contributed by atoms with Gasteiger partial charge in [0.15, 0.2) is 0 Å². The smallest absolute Gasteiger partial charge is 0.264 e. The fraction of sp³-hybridized carbons (Fsp3) is 0.310. The average Bonchev–Trinajstić information content (AvgIpc) is 2.92. The van der Waals surface area contributed by atoms with Gasteiger partial charge in [-0.1, -0.05) is 80.6 Å². The second kappa shape index (κ2) is 13.1. The molecule has 2 amide bonds. The molecule has 0 saturated carbocycles. The highest BCUT2D eigenvalue weighted by Crippen LogP contribution is 2.24. The monoisotopic (exact) mass is 521 g/mol. The van der Waals surface area contributed by atoms with E-state index in [4.69, 9.17) is 0 Å². The van der Waals surface area contributed by atoms with Gasteiger partial charge in [0.1, 0.15) is 12.6 Å². The van der Waals surface area contributed by atoms with Crippen molar-refractivity contribution in [2.75, 3.05) is 10.8 Å². The van der Waals surface area contributed by atoms with Crippen LogP contribution >= 0.6 is 0 Å². The van der Waals surface area contributed by atoms with Gasteiger partial charge in [0.25, 0.3) is 10.0 Å². The maximum absolute atomic E-state index is 13.9. The molecule has 0 radical (unpaired) electrons. The summed E-state index contributed by atoms with van der Waals surface area (Å²) in [7, 11) is -4.05. The van der Waals surface area contributed by atoms with E-state index >= 15 is 0 Å². The summed E-state index contributed by atoms with van der Waals surface area (Å²) in [6, 6.07) is 25.2. The number of carbonyl (C=O) groups is 2. The maximum atomic E-state index is 13.9. The first kappa shape index (κ1) is 27.9. The van der Waals surface area contributed by atoms with Crippen LogP contribution in [0.25, 0.3) is 0 Å². The van der Waals surface area contributed by atoms with Gasteiger partial charge in [-0.15, -0.1) is 0 Å². The summed E-state index contributed by atoms with van der Waals surface area (Å²) in [6.45, 7) is 5.48. The molecule has 0 aliphatic carbocycles. The number of carbonyl (C=O) groups excluding carboxylic acids is 2. The van der Waals surface area contributed by atoms with E-state index in [0.717, 1.165) is 16.3 Å². The third-order valence-electron chi connectivity index (χ3n) is 6.24. The van der Waals surface area contributed by atoms with Crippen LogP contribution in [0.4, 0.5) is 5.69 Å². The third kappa shape index (κ3) is 7.20. The molecule has 0 bridgehead atoms. The molecule has 0 spiro atoms. The Balaban J connectivity index is 2.00. The molecule has 3 aromatic rings. The molecule has 0 heterocycles. The van der Waals surface area contributed by atoms with Gasteiger partial charge in [-0.25, -0.2) is 8.42 Å². The van der Waals surface area contributed by atoms with E-state index in [0.29, 0.717) is 12.1 Å². The molecule has 0 aliphatic rings. The van der Waals surface area contributed by atoms with Crippen LogP contribution in [0, 0.1) is 0 Å². The summed E-state index contributed by atoms with van der Waals surface area (Å²) in [5, 5.41) is 2.98. The summed E-state index contributed by atoms with van der Waals surface area (Å²) in [5.41, 5.74) is 1.22. The van der Waals surface area contributed by atoms with Gasteiger partial charge in [0, 0.05) is 12.6 Å². The number of sulfonamides is 1. The third-order valence-corrected chi connectivity index (χ3v) is 8.03. The van der Waals surface area contributed by atoms with Crippen LogP contribution in [-0.2, 0) is 26.2 Å². The van der Waals surface area contributed by atoms with Crippen LogP contribution in [-0.4, -0.2) is 43.8 Å². The highest BCUT2D eigenvalue weighted by Gasteiger charge is 2.33. The Kier molecular flexibility index (Phi) is 9.85. The van der Waals surface area contributed by atoms with Gasteiger partial charge in [-0.05, 0) is 49.6 Å². The van der Waals surface area contributed by atoms with Crippen molar-refractivity contribution in [1.82, 2.24) is 10.2 Å². The lowest BCUT2D eigenvalue weighted by atomic mass is 10.1. The van der Waals surface area contributed by atoms with E-state index in [1.54, 1.807) is 48.5 Å². The van der Waals surface area contributed by atoms with E-state index in [-0.39, 0.29) is 23.4 Å². The number of amides is 2. The van der Waals surface area contributed by atoms with Crippen LogP contribution in [0.2, 0.25) is 0 Å². The van der Waals surface area contributed by atoms with Crippen molar-refractivity contribution in [3.05, 3.63) is 96.6 Å². The average molecular weight is 522 g/mol. The number of hydrogen-bond acceptors (Lipinski definition) is 4. The van der Waals surface area contributed by atoms with Gasteiger partial charge in [-0.3, -0.25) is 13.9 Å². The minimum Gasteiger partial charge on any atom is -0.352 e. The molecule has 8 heteroatoms. The van der Waals surface area contributed by atoms with E-state index in [1.165, 1.54) is 17.0 Å². The standard InChI is InChI=1S/C29H35N3O4S/c1-4-23(3)30-29(34)27(5-2)31(21-24-15-9-6-10-16-24)28(33)22-32(25-17-11-7-12-18-25)37(35,36)26-19-13-8-14-20-26/h6-20,23,27H,4-5,21-22H2,1-3H3,(H,30,34)/t23-,27+/m1/s1. The van der Waals surface area contributed by atoms with Crippen molar-refractivity contribution < 1.29 is 18.0 Å². The molecule has 0 unspecified atom stereocenters. The zero-order valence-corrected chi connectivity index (χ0v) is 22.4. The second-order valence-electron chi connectivity index (χ2n) is 8.91. The van der Waals surface area contributed by atoms with Crippen LogP contribution in [0.15, 0.2) is 95.9 Å². The van der Waals surface area contributed by atoms with Gasteiger partial charge >= 0.3 is 0 Å². The van der Waals surface area contributed by atoms with Crippen molar-refractivity contribution in [2.45, 2.75) is 57.1 Å². The van der Waals surface area contributed by atoms with Crippen molar-refractivity contribution in [2.24, 2.45) is 0 Å². The minimum atomic E-state index is -4.05.